The Balaban J connectivity index is 1.66. The van der Waals surface area contributed by atoms with Crippen molar-refractivity contribution in [1.29, 1.82) is 0 Å². The van der Waals surface area contributed by atoms with E-state index in [1.165, 1.54) is 17.0 Å². The van der Waals surface area contributed by atoms with E-state index in [2.05, 4.69) is 15.1 Å². The molecule has 0 spiro atoms. The third-order valence-corrected chi connectivity index (χ3v) is 7.14. The third-order valence-electron chi connectivity index (χ3n) is 6.03. The molecule has 4 rings (SSSR count). The van der Waals surface area contributed by atoms with Crippen LogP contribution in [0.3, 0.4) is 0 Å². The van der Waals surface area contributed by atoms with Crippen LogP contribution in [0.25, 0.3) is 0 Å². The van der Waals surface area contributed by atoms with Gasteiger partial charge in [0.15, 0.2) is 21.5 Å². The van der Waals surface area contributed by atoms with Crippen molar-refractivity contribution in [3.63, 3.8) is 0 Å². The number of halogens is 1. The van der Waals surface area contributed by atoms with Crippen LogP contribution < -0.4 is 10.6 Å². The van der Waals surface area contributed by atoms with Crippen LogP contribution >= 0.6 is 0 Å². The van der Waals surface area contributed by atoms with Crippen molar-refractivity contribution in [3.05, 3.63) is 57.4 Å². The first-order valence-corrected chi connectivity index (χ1v) is 12.9. The number of nitrogens with two attached hydrogens (primary N) is 1. The first kappa shape index (κ1) is 24.6. The van der Waals surface area contributed by atoms with Crippen LogP contribution in [0.4, 0.5) is 10.1 Å². The zero-order valence-corrected chi connectivity index (χ0v) is 20.3. The average molecular weight is 508 g/mol. The molecule has 0 amide bonds. The number of likely N-dealkylation sites (tertiary alicyclic amines) is 1. The van der Waals surface area contributed by atoms with Gasteiger partial charge in [0.1, 0.15) is 12.5 Å². The second-order valence-corrected chi connectivity index (χ2v) is 10.9. The second-order valence-electron chi connectivity index (χ2n) is 8.83. The maximum absolute atomic E-state index is 15.1. The SMILES string of the molecule is CC(C)c1noc(C2CCN(C3=C([N+](=O)[O-])C(N)=NCN3c3ccc(S(C)(=O)=O)cc3F)CC2)n1. The summed E-state index contributed by atoms with van der Waals surface area (Å²) in [7, 11) is -3.63. The number of anilines is 1. The first-order valence-electron chi connectivity index (χ1n) is 11.0. The number of hydrogen-bond donors (Lipinski definition) is 1. The van der Waals surface area contributed by atoms with Gasteiger partial charge in [-0.15, -0.1) is 0 Å². The highest BCUT2D eigenvalue weighted by Crippen LogP contribution is 2.35. The molecule has 2 aliphatic rings. The predicted molar refractivity (Wildman–Crippen MR) is 124 cm³/mol. The van der Waals surface area contributed by atoms with Crippen molar-refractivity contribution in [2.24, 2.45) is 10.7 Å². The molecule has 1 aromatic heterocycles. The largest absolute Gasteiger partial charge is 0.378 e. The summed E-state index contributed by atoms with van der Waals surface area (Å²) in [5.74, 6) is 0.278. The van der Waals surface area contributed by atoms with E-state index in [1.807, 2.05) is 13.8 Å². The maximum atomic E-state index is 15.1. The van der Waals surface area contributed by atoms with Crippen molar-refractivity contribution in [2.75, 3.05) is 30.9 Å². The Labute approximate surface area is 201 Å². The molecule has 12 nitrogen and oxygen atoms in total. The quantitative estimate of drug-likeness (QED) is 0.453. The molecule has 0 unspecified atom stereocenters. The Hall–Kier alpha value is -3.55. The number of rotatable bonds is 6. The Kier molecular flexibility index (Phi) is 6.49. The summed E-state index contributed by atoms with van der Waals surface area (Å²) >= 11 is 0. The van der Waals surface area contributed by atoms with E-state index >= 15 is 4.39 Å². The summed E-state index contributed by atoms with van der Waals surface area (Å²) in [5.41, 5.74) is 5.41. The summed E-state index contributed by atoms with van der Waals surface area (Å²) in [5, 5.41) is 16.0. The van der Waals surface area contributed by atoms with Gasteiger partial charge in [-0.2, -0.15) is 4.98 Å². The molecule has 188 valence electrons. The van der Waals surface area contributed by atoms with Crippen LogP contribution in [0, 0.1) is 15.9 Å². The van der Waals surface area contributed by atoms with Crippen LogP contribution in [0.5, 0.6) is 0 Å². The second kappa shape index (κ2) is 9.24. The number of nitro groups is 1. The fourth-order valence-corrected chi connectivity index (χ4v) is 4.77. The van der Waals surface area contributed by atoms with Crippen molar-refractivity contribution in [1.82, 2.24) is 15.0 Å². The summed E-state index contributed by atoms with van der Waals surface area (Å²) in [6.45, 7) is 4.56. The van der Waals surface area contributed by atoms with Crippen LogP contribution in [0.15, 0.2) is 44.1 Å². The van der Waals surface area contributed by atoms with Gasteiger partial charge in [0, 0.05) is 31.2 Å². The Morgan fingerprint density at radius 1 is 1.29 bits per heavy atom. The molecule has 35 heavy (non-hydrogen) atoms. The van der Waals surface area contributed by atoms with Gasteiger partial charge in [-0.1, -0.05) is 19.0 Å². The van der Waals surface area contributed by atoms with Gasteiger partial charge in [-0.3, -0.25) is 15.0 Å². The topological polar surface area (TPSA) is 161 Å². The molecule has 2 N–H and O–H groups in total. The van der Waals surface area contributed by atoms with E-state index in [0.717, 1.165) is 12.3 Å². The minimum Gasteiger partial charge on any atom is -0.378 e. The lowest BCUT2D eigenvalue weighted by atomic mass is 9.96. The van der Waals surface area contributed by atoms with E-state index in [0.29, 0.717) is 37.6 Å². The number of aliphatic imine (C=N–C) groups is 1. The molecule has 0 saturated carbocycles. The van der Waals surface area contributed by atoms with Crippen LogP contribution in [0.1, 0.15) is 50.2 Å². The van der Waals surface area contributed by atoms with Crippen LogP contribution in [-0.4, -0.2) is 60.2 Å². The molecule has 0 aliphatic carbocycles. The fourth-order valence-electron chi connectivity index (χ4n) is 4.14. The monoisotopic (exact) mass is 507 g/mol. The molecule has 1 aromatic carbocycles. The van der Waals surface area contributed by atoms with Gasteiger partial charge >= 0.3 is 5.70 Å². The van der Waals surface area contributed by atoms with Crippen LogP contribution in [0.2, 0.25) is 0 Å². The molecule has 3 heterocycles. The van der Waals surface area contributed by atoms with Crippen molar-refractivity contribution in [3.8, 4) is 0 Å². The lowest BCUT2D eigenvalue weighted by Gasteiger charge is -2.39. The van der Waals surface area contributed by atoms with Crippen molar-refractivity contribution >= 4 is 21.4 Å². The number of amidine groups is 1. The fraction of sp³-hybridized carbons (Fsp3) is 0.476. The number of piperidine rings is 1. The highest BCUT2D eigenvalue weighted by molar-refractivity contribution is 7.90. The number of hydrogen-bond acceptors (Lipinski definition) is 11. The minimum absolute atomic E-state index is 0.0141. The normalized spacial score (nSPS) is 17.8. The Bertz CT molecular complexity index is 1310. The molecule has 0 atom stereocenters. The summed E-state index contributed by atoms with van der Waals surface area (Å²) in [6.07, 6.45) is 2.13. The highest BCUT2D eigenvalue weighted by atomic mass is 32.2. The molecule has 0 bridgehead atoms. The third kappa shape index (κ3) is 4.83. The molecular weight excluding hydrogens is 481 g/mol. The van der Waals surface area contributed by atoms with Gasteiger partial charge in [-0.25, -0.2) is 17.8 Å². The highest BCUT2D eigenvalue weighted by Gasteiger charge is 2.38. The van der Waals surface area contributed by atoms with Gasteiger partial charge in [-0.05, 0) is 31.0 Å². The van der Waals surface area contributed by atoms with Gasteiger partial charge < -0.3 is 15.2 Å². The van der Waals surface area contributed by atoms with Crippen molar-refractivity contribution < 1.29 is 22.3 Å². The molecule has 2 aliphatic heterocycles. The number of aromatic nitrogens is 2. The number of sulfone groups is 1. The average Bonchev–Trinajstić information content (AvgIpc) is 3.29. The predicted octanol–water partition coefficient (Wildman–Crippen LogP) is 2.20. The van der Waals surface area contributed by atoms with E-state index < -0.39 is 26.3 Å². The van der Waals surface area contributed by atoms with Crippen LogP contribution in [-0.2, 0) is 9.84 Å². The van der Waals surface area contributed by atoms with E-state index in [-0.39, 0.29) is 40.7 Å². The van der Waals surface area contributed by atoms with E-state index in [4.69, 9.17) is 10.3 Å². The molecule has 2 aromatic rings. The summed E-state index contributed by atoms with van der Waals surface area (Å²) < 4.78 is 44.1. The first-order chi connectivity index (χ1) is 16.5. The Morgan fingerprint density at radius 2 is 1.97 bits per heavy atom. The molecular formula is C21H26FN7O5S. The van der Waals surface area contributed by atoms with Gasteiger partial charge in [0.2, 0.25) is 11.7 Å². The molecule has 1 fully saturated rings. The molecule has 14 heteroatoms. The van der Waals surface area contributed by atoms with E-state index in [9.17, 15) is 18.5 Å². The summed E-state index contributed by atoms with van der Waals surface area (Å²) in [6, 6.07) is 3.43. The minimum atomic E-state index is -3.63. The smallest absolute Gasteiger partial charge is 0.351 e. The van der Waals surface area contributed by atoms with Crippen molar-refractivity contribution in [2.45, 2.75) is 43.4 Å². The molecule has 1 saturated heterocycles. The lowest BCUT2D eigenvalue weighted by Crippen LogP contribution is -2.46. The molecule has 0 radical (unpaired) electrons. The van der Waals surface area contributed by atoms with E-state index in [1.54, 1.807) is 4.90 Å². The Morgan fingerprint density at radius 3 is 2.51 bits per heavy atom. The summed E-state index contributed by atoms with van der Waals surface area (Å²) in [4.78, 5) is 22.7. The lowest BCUT2D eigenvalue weighted by molar-refractivity contribution is -0.417. The van der Waals surface area contributed by atoms with Gasteiger partial charge in [0.25, 0.3) is 0 Å². The maximum Gasteiger partial charge on any atom is 0.351 e. The standard InChI is InChI=1S/C21H26FN7O5S/c1-12(2)19-25-20(34-26-19)13-6-8-27(9-7-13)21-17(29(30)31)18(23)24-11-28(21)16-5-4-14(10-15(16)22)35(3,32)33/h4-5,10,12-13H,6-9,11H2,1-3H3,(H2,23,24). The number of nitrogens with zero attached hydrogens (tertiary/aromatic N) is 6. The number of benzene rings is 1. The zero-order chi connectivity index (χ0) is 25.5. The van der Waals surface area contributed by atoms with Gasteiger partial charge in [0.05, 0.1) is 15.5 Å². The zero-order valence-electron chi connectivity index (χ0n) is 19.5.